The molecule has 0 saturated carbocycles. The molecule has 0 unspecified atom stereocenters. The summed E-state index contributed by atoms with van der Waals surface area (Å²) in [5, 5.41) is 4.06. The Kier molecular flexibility index (Phi) is 3.16. The molecule has 0 aliphatic rings. The van der Waals surface area contributed by atoms with Crippen LogP contribution in [-0.4, -0.2) is 22.4 Å². The van der Waals surface area contributed by atoms with Crippen LogP contribution in [0.3, 0.4) is 0 Å². The first-order valence-electron chi connectivity index (χ1n) is 6.79. The Labute approximate surface area is 123 Å². The lowest BCUT2D eigenvalue weighted by molar-refractivity contribution is 0.545. The topological polar surface area (TPSA) is 42.7 Å². The van der Waals surface area contributed by atoms with Gasteiger partial charge in [0.2, 0.25) is 7.98 Å². The Morgan fingerprint density at radius 1 is 1.14 bits per heavy atom. The number of anilines is 2. The molecule has 2 aromatic heterocycles. The maximum atomic E-state index is 13.6. The monoisotopic (exact) mass is 282 g/mol. The minimum absolute atomic E-state index is 0.494. The van der Waals surface area contributed by atoms with Gasteiger partial charge >= 0.3 is 6.08 Å². The number of benzene rings is 1. The summed E-state index contributed by atoms with van der Waals surface area (Å²) in [5.41, 5.74) is 4.96. The van der Waals surface area contributed by atoms with Gasteiger partial charge in [-0.25, -0.2) is 0 Å². The Bertz CT molecular complexity index is 818. The van der Waals surface area contributed by atoms with Crippen molar-refractivity contribution >= 4 is 30.5 Å². The highest BCUT2D eigenvalue weighted by Gasteiger charge is 2.12. The molecule has 106 valence electrons. The molecule has 1 N–H and O–H groups in total. The molecule has 3 rings (SSSR count). The van der Waals surface area contributed by atoms with Crippen LogP contribution in [-0.2, 0) is 0 Å². The van der Waals surface area contributed by atoms with Crippen molar-refractivity contribution in [2.45, 2.75) is 20.8 Å². The predicted molar refractivity (Wildman–Crippen MR) is 85.4 cm³/mol. The van der Waals surface area contributed by atoms with Gasteiger partial charge in [-0.1, -0.05) is 17.7 Å². The first-order valence-corrected chi connectivity index (χ1v) is 6.79. The molecule has 1 aromatic carbocycles. The zero-order valence-electron chi connectivity index (χ0n) is 12.5. The predicted octanol–water partition coefficient (Wildman–Crippen LogP) is 2.64. The lowest BCUT2D eigenvalue weighted by Gasteiger charge is -2.14. The number of nitrogens with zero attached hydrogens (tertiary/aromatic N) is 3. The van der Waals surface area contributed by atoms with Gasteiger partial charge in [-0.3, -0.25) is 0 Å². The summed E-state index contributed by atoms with van der Waals surface area (Å²) in [5.74, 6) is 0.494. The molecule has 0 aliphatic carbocycles. The van der Waals surface area contributed by atoms with Crippen LogP contribution < -0.4 is 5.32 Å². The fourth-order valence-electron chi connectivity index (χ4n) is 2.70. The zero-order chi connectivity index (χ0) is 15.1. The van der Waals surface area contributed by atoms with Crippen LogP contribution in [0.2, 0.25) is 0 Å². The maximum Gasteiger partial charge on any atom is 0.312 e. The molecule has 6 heteroatoms. The summed E-state index contributed by atoms with van der Waals surface area (Å²) >= 11 is 0. The second-order valence-corrected chi connectivity index (χ2v) is 5.40. The number of nitrogens with one attached hydrogen (secondary N) is 1. The van der Waals surface area contributed by atoms with E-state index in [2.05, 4.69) is 34.3 Å². The summed E-state index contributed by atoms with van der Waals surface area (Å²) in [4.78, 5) is 7.75. The van der Waals surface area contributed by atoms with Crippen LogP contribution in [0, 0.1) is 26.8 Å². The van der Waals surface area contributed by atoms with E-state index in [0.29, 0.717) is 11.5 Å². The van der Waals surface area contributed by atoms with Crippen molar-refractivity contribution in [3.63, 3.8) is 0 Å². The highest BCUT2D eigenvalue weighted by atomic mass is 19.1. The van der Waals surface area contributed by atoms with Crippen molar-refractivity contribution in [3.05, 3.63) is 47.2 Å². The number of hydrogen-bond donors (Lipinski definition) is 1. The van der Waals surface area contributed by atoms with E-state index in [-0.39, 0.29) is 0 Å². The number of aromatic nitrogens is 3. The van der Waals surface area contributed by atoms with E-state index in [0.717, 1.165) is 22.2 Å². The molecule has 0 spiro atoms. The number of hydrogen-bond acceptors (Lipinski definition) is 3. The van der Waals surface area contributed by atoms with E-state index in [1.165, 1.54) is 5.56 Å². The number of fused-ring (bicyclic) bond motifs is 1. The van der Waals surface area contributed by atoms with E-state index in [1.807, 2.05) is 34.1 Å². The molecule has 21 heavy (non-hydrogen) atoms. The van der Waals surface area contributed by atoms with Crippen molar-refractivity contribution < 1.29 is 4.39 Å². The molecule has 0 fully saturated rings. The Morgan fingerprint density at radius 2 is 1.81 bits per heavy atom. The second-order valence-electron chi connectivity index (χ2n) is 5.40. The molecule has 0 bridgehead atoms. The van der Waals surface area contributed by atoms with Crippen LogP contribution in [0.4, 0.5) is 15.9 Å². The molecular formula is C15H16BFN4. The van der Waals surface area contributed by atoms with Crippen molar-refractivity contribution in [1.82, 2.24) is 14.4 Å². The largest absolute Gasteiger partial charge is 0.384 e. The van der Waals surface area contributed by atoms with E-state index < -0.39 is 6.08 Å². The molecule has 4 nitrogen and oxygen atoms in total. The van der Waals surface area contributed by atoms with Gasteiger partial charge in [0.05, 0.1) is 5.39 Å². The van der Waals surface area contributed by atoms with Gasteiger partial charge in [0.25, 0.3) is 0 Å². The molecule has 0 radical (unpaired) electrons. The van der Waals surface area contributed by atoms with Gasteiger partial charge < -0.3 is 9.79 Å². The standard InChI is InChI=1S/C15H16BFN4/c1-8-6-9(2)12(10(3)7-8)18-13-11-4-5-21(16)14(11)20-15(17)19-13/h4-7H,16H2,1-3H3,(H,18,19,20). The summed E-state index contributed by atoms with van der Waals surface area (Å²) in [6.07, 6.45) is 1.12. The van der Waals surface area contributed by atoms with Gasteiger partial charge in [-0.2, -0.15) is 14.4 Å². The van der Waals surface area contributed by atoms with Crippen LogP contribution >= 0.6 is 0 Å². The van der Waals surface area contributed by atoms with Crippen LogP contribution in [0.5, 0.6) is 0 Å². The zero-order valence-corrected chi connectivity index (χ0v) is 12.5. The fourth-order valence-corrected chi connectivity index (χ4v) is 2.70. The van der Waals surface area contributed by atoms with Crippen molar-refractivity contribution in [2.75, 3.05) is 5.32 Å². The highest BCUT2D eigenvalue weighted by Crippen LogP contribution is 2.28. The Balaban J connectivity index is 2.14. The molecular weight excluding hydrogens is 266 g/mol. The van der Waals surface area contributed by atoms with E-state index in [9.17, 15) is 4.39 Å². The normalized spacial score (nSPS) is 11.0. The second kappa shape index (κ2) is 4.88. The summed E-state index contributed by atoms with van der Waals surface area (Å²) < 4.78 is 15.4. The molecule has 0 amide bonds. The summed E-state index contributed by atoms with van der Waals surface area (Å²) in [6.45, 7) is 6.12. The average Bonchev–Trinajstić information content (AvgIpc) is 2.75. The Hall–Kier alpha value is -2.37. The molecule has 0 saturated heterocycles. The third-order valence-electron chi connectivity index (χ3n) is 3.62. The lowest BCUT2D eigenvalue weighted by Crippen LogP contribution is -2.03. The minimum atomic E-state index is -0.728. The lowest BCUT2D eigenvalue weighted by atomic mass is 10.1. The molecule has 0 aliphatic heterocycles. The SMILES string of the molecule is Bn1ccc2c(Nc3c(C)cc(C)cc3C)nc(F)nc21. The summed E-state index contributed by atoms with van der Waals surface area (Å²) in [7, 11) is 1.83. The minimum Gasteiger partial charge on any atom is -0.384 e. The highest BCUT2D eigenvalue weighted by molar-refractivity contribution is 6.11. The van der Waals surface area contributed by atoms with Gasteiger partial charge in [0, 0.05) is 5.69 Å². The van der Waals surface area contributed by atoms with Crippen LogP contribution in [0.1, 0.15) is 16.7 Å². The van der Waals surface area contributed by atoms with Gasteiger partial charge in [0.1, 0.15) is 11.5 Å². The fraction of sp³-hybridized carbons (Fsp3) is 0.200. The van der Waals surface area contributed by atoms with Crippen molar-refractivity contribution in [3.8, 4) is 0 Å². The van der Waals surface area contributed by atoms with Crippen LogP contribution in [0.25, 0.3) is 11.0 Å². The summed E-state index contributed by atoms with van der Waals surface area (Å²) in [6, 6.07) is 6.07. The maximum absolute atomic E-state index is 13.6. The average molecular weight is 282 g/mol. The third kappa shape index (κ3) is 2.37. The Morgan fingerprint density at radius 3 is 2.48 bits per heavy atom. The molecule has 0 atom stereocenters. The van der Waals surface area contributed by atoms with E-state index in [1.54, 1.807) is 4.48 Å². The van der Waals surface area contributed by atoms with Gasteiger partial charge in [-0.15, -0.1) is 0 Å². The van der Waals surface area contributed by atoms with E-state index >= 15 is 0 Å². The first kappa shape index (κ1) is 13.6. The molecule has 2 heterocycles. The number of halogens is 1. The number of rotatable bonds is 2. The smallest absolute Gasteiger partial charge is 0.312 e. The number of aryl methyl sites for hydroxylation is 3. The van der Waals surface area contributed by atoms with Gasteiger partial charge in [0.15, 0.2) is 0 Å². The van der Waals surface area contributed by atoms with Crippen LogP contribution in [0.15, 0.2) is 24.4 Å². The quantitative estimate of drug-likeness (QED) is 0.580. The molecule has 3 aromatic rings. The van der Waals surface area contributed by atoms with Crippen molar-refractivity contribution in [1.29, 1.82) is 0 Å². The van der Waals surface area contributed by atoms with Crippen molar-refractivity contribution in [2.24, 2.45) is 0 Å². The van der Waals surface area contributed by atoms with E-state index in [4.69, 9.17) is 0 Å². The van der Waals surface area contributed by atoms with Gasteiger partial charge in [-0.05, 0) is 44.2 Å². The third-order valence-corrected chi connectivity index (χ3v) is 3.62. The first-order chi connectivity index (χ1) is 9.95.